The fraction of sp³-hybridized carbons (Fsp3) is 0.385. The van der Waals surface area contributed by atoms with E-state index in [-0.39, 0.29) is 18.4 Å². The molecule has 0 unspecified atom stereocenters. The van der Waals surface area contributed by atoms with E-state index in [0.717, 1.165) is 0 Å². The first-order valence-corrected chi connectivity index (χ1v) is 6.25. The Bertz CT molecular complexity index is 635. The number of pyridine rings is 1. The topological polar surface area (TPSA) is 142 Å². The van der Waals surface area contributed by atoms with Crippen LogP contribution < -0.4 is 16.6 Å². The average Bonchev–Trinajstić information content (AvgIpc) is 2.32. The van der Waals surface area contributed by atoms with E-state index in [4.69, 9.17) is 10.8 Å². The standard InChI is InChI=1S/C13H17N3O5/c1-6-5-7(2)15-11(18)10(6)12(19)16-8(13(20)21)3-4-9(14)17/h5,8H,3-4H2,1-2H3,(H2,14,17)(H,15,18)(H,16,19)(H,20,21)/t8-/m0/s1. The second-order valence-corrected chi connectivity index (χ2v) is 4.71. The number of aromatic nitrogens is 1. The van der Waals surface area contributed by atoms with Gasteiger partial charge in [-0.15, -0.1) is 0 Å². The number of nitrogens with two attached hydrogens (primary N) is 1. The summed E-state index contributed by atoms with van der Waals surface area (Å²) < 4.78 is 0. The second-order valence-electron chi connectivity index (χ2n) is 4.71. The molecule has 0 aliphatic heterocycles. The summed E-state index contributed by atoms with van der Waals surface area (Å²) in [5.41, 5.74) is 5.24. The maximum Gasteiger partial charge on any atom is 0.326 e. The number of carboxylic acid groups (broad SMARTS) is 1. The van der Waals surface area contributed by atoms with Crippen LogP contribution in [0.3, 0.4) is 0 Å². The van der Waals surface area contributed by atoms with Gasteiger partial charge in [0.15, 0.2) is 0 Å². The molecule has 0 saturated carbocycles. The summed E-state index contributed by atoms with van der Waals surface area (Å²) in [6.45, 7) is 3.25. The minimum Gasteiger partial charge on any atom is -0.480 e. The van der Waals surface area contributed by atoms with Gasteiger partial charge < -0.3 is 21.1 Å². The van der Waals surface area contributed by atoms with E-state index < -0.39 is 29.4 Å². The predicted molar refractivity (Wildman–Crippen MR) is 73.9 cm³/mol. The van der Waals surface area contributed by atoms with Crippen molar-refractivity contribution in [1.29, 1.82) is 0 Å². The molecular formula is C13H17N3O5. The summed E-state index contributed by atoms with van der Waals surface area (Å²) >= 11 is 0. The van der Waals surface area contributed by atoms with Gasteiger partial charge in [-0.1, -0.05) is 0 Å². The number of nitrogens with one attached hydrogen (secondary N) is 2. The highest BCUT2D eigenvalue weighted by Crippen LogP contribution is 2.05. The molecule has 0 bridgehead atoms. The molecule has 1 rings (SSSR count). The number of aromatic amines is 1. The number of primary amides is 1. The number of carboxylic acids is 1. The Morgan fingerprint density at radius 3 is 2.48 bits per heavy atom. The fourth-order valence-electron chi connectivity index (χ4n) is 1.91. The Morgan fingerprint density at radius 1 is 1.38 bits per heavy atom. The van der Waals surface area contributed by atoms with Gasteiger partial charge in [-0.05, 0) is 31.9 Å². The lowest BCUT2D eigenvalue weighted by atomic mass is 10.1. The molecule has 8 heteroatoms. The highest BCUT2D eigenvalue weighted by molar-refractivity contribution is 5.97. The molecule has 1 heterocycles. The van der Waals surface area contributed by atoms with Crippen LogP contribution in [-0.2, 0) is 9.59 Å². The Labute approximate surface area is 120 Å². The van der Waals surface area contributed by atoms with Crippen molar-refractivity contribution in [2.24, 2.45) is 5.73 Å². The van der Waals surface area contributed by atoms with E-state index in [9.17, 15) is 19.2 Å². The molecule has 1 aromatic rings. The Hall–Kier alpha value is -2.64. The zero-order valence-electron chi connectivity index (χ0n) is 11.7. The van der Waals surface area contributed by atoms with E-state index in [2.05, 4.69) is 10.3 Å². The highest BCUT2D eigenvalue weighted by atomic mass is 16.4. The SMILES string of the molecule is Cc1cc(C)c(C(=O)N[C@@H](CCC(N)=O)C(=O)O)c(=O)[nH]1. The first-order chi connectivity index (χ1) is 9.72. The minimum atomic E-state index is -1.30. The van der Waals surface area contributed by atoms with Crippen LogP contribution in [0, 0.1) is 13.8 Å². The fourth-order valence-corrected chi connectivity index (χ4v) is 1.91. The predicted octanol–water partition coefficient (Wildman–Crippen LogP) is -0.560. The van der Waals surface area contributed by atoms with E-state index in [1.807, 2.05) is 0 Å². The van der Waals surface area contributed by atoms with Crippen molar-refractivity contribution in [1.82, 2.24) is 10.3 Å². The normalized spacial score (nSPS) is 11.7. The quantitative estimate of drug-likeness (QED) is 0.556. The van der Waals surface area contributed by atoms with Gasteiger partial charge in [-0.2, -0.15) is 0 Å². The lowest BCUT2D eigenvalue weighted by Crippen LogP contribution is -2.43. The van der Waals surface area contributed by atoms with Gasteiger partial charge in [0.1, 0.15) is 11.6 Å². The molecule has 8 nitrogen and oxygen atoms in total. The number of hydrogen-bond donors (Lipinski definition) is 4. The van der Waals surface area contributed by atoms with Gasteiger partial charge in [0.05, 0.1) is 0 Å². The minimum absolute atomic E-state index is 0.140. The molecule has 21 heavy (non-hydrogen) atoms. The van der Waals surface area contributed by atoms with Gasteiger partial charge in [-0.25, -0.2) is 4.79 Å². The summed E-state index contributed by atoms with van der Waals surface area (Å²) in [5.74, 6) is -2.77. The van der Waals surface area contributed by atoms with Crippen LogP contribution in [0.4, 0.5) is 0 Å². The summed E-state index contributed by atoms with van der Waals surface area (Å²) in [7, 11) is 0. The van der Waals surface area contributed by atoms with Crippen LogP contribution in [0.5, 0.6) is 0 Å². The third-order valence-corrected chi connectivity index (χ3v) is 2.88. The molecule has 5 N–H and O–H groups in total. The molecular weight excluding hydrogens is 278 g/mol. The van der Waals surface area contributed by atoms with E-state index in [1.54, 1.807) is 19.9 Å². The Kier molecular flexibility index (Phi) is 5.23. The Morgan fingerprint density at radius 2 is 2.00 bits per heavy atom. The van der Waals surface area contributed by atoms with Crippen molar-refractivity contribution in [2.75, 3.05) is 0 Å². The zero-order chi connectivity index (χ0) is 16.2. The number of aryl methyl sites for hydroxylation is 2. The van der Waals surface area contributed by atoms with Crippen LogP contribution in [0.15, 0.2) is 10.9 Å². The molecule has 0 spiro atoms. The van der Waals surface area contributed by atoms with Crippen molar-refractivity contribution < 1.29 is 19.5 Å². The molecule has 2 amide bonds. The first kappa shape index (κ1) is 16.4. The second kappa shape index (κ2) is 6.69. The Balaban J connectivity index is 2.95. The smallest absolute Gasteiger partial charge is 0.326 e. The van der Waals surface area contributed by atoms with Crippen molar-refractivity contribution >= 4 is 17.8 Å². The largest absolute Gasteiger partial charge is 0.480 e. The van der Waals surface area contributed by atoms with Gasteiger partial charge in [-0.3, -0.25) is 14.4 Å². The maximum atomic E-state index is 12.0. The molecule has 0 aliphatic carbocycles. The summed E-state index contributed by atoms with van der Waals surface area (Å²) in [6.07, 6.45) is -0.320. The number of H-pyrrole nitrogens is 1. The lowest BCUT2D eigenvalue weighted by Gasteiger charge is -2.14. The third-order valence-electron chi connectivity index (χ3n) is 2.88. The first-order valence-electron chi connectivity index (χ1n) is 6.25. The van der Waals surface area contributed by atoms with Crippen molar-refractivity contribution in [3.8, 4) is 0 Å². The average molecular weight is 295 g/mol. The van der Waals surface area contributed by atoms with Crippen molar-refractivity contribution in [3.05, 3.63) is 33.2 Å². The van der Waals surface area contributed by atoms with Gasteiger partial charge in [0.25, 0.3) is 11.5 Å². The van der Waals surface area contributed by atoms with Crippen LogP contribution in [-0.4, -0.2) is 33.9 Å². The summed E-state index contributed by atoms with van der Waals surface area (Å²) in [6, 6.07) is 0.320. The van der Waals surface area contributed by atoms with Gasteiger partial charge in [0.2, 0.25) is 5.91 Å². The molecule has 1 atom stereocenters. The summed E-state index contributed by atoms with van der Waals surface area (Å²) in [4.78, 5) is 48.0. The molecule has 114 valence electrons. The highest BCUT2D eigenvalue weighted by Gasteiger charge is 2.23. The van der Waals surface area contributed by atoms with Crippen LogP contribution in [0.25, 0.3) is 0 Å². The number of carbonyl (C=O) groups excluding carboxylic acids is 2. The van der Waals surface area contributed by atoms with Crippen LogP contribution in [0.1, 0.15) is 34.5 Å². The maximum absolute atomic E-state index is 12.0. The zero-order valence-corrected chi connectivity index (χ0v) is 11.7. The van der Waals surface area contributed by atoms with Gasteiger partial charge >= 0.3 is 5.97 Å². The molecule has 0 fully saturated rings. The third kappa shape index (κ3) is 4.44. The van der Waals surface area contributed by atoms with Gasteiger partial charge in [0, 0.05) is 12.1 Å². The molecule has 0 radical (unpaired) electrons. The number of amides is 2. The van der Waals surface area contributed by atoms with Crippen molar-refractivity contribution in [2.45, 2.75) is 32.7 Å². The van der Waals surface area contributed by atoms with Crippen LogP contribution >= 0.6 is 0 Å². The van der Waals surface area contributed by atoms with E-state index in [0.29, 0.717) is 11.3 Å². The number of aliphatic carboxylic acids is 1. The number of rotatable bonds is 6. The van der Waals surface area contributed by atoms with E-state index >= 15 is 0 Å². The monoisotopic (exact) mass is 295 g/mol. The van der Waals surface area contributed by atoms with Crippen molar-refractivity contribution in [3.63, 3.8) is 0 Å². The molecule has 0 aromatic carbocycles. The van der Waals surface area contributed by atoms with Crippen LogP contribution in [0.2, 0.25) is 0 Å². The lowest BCUT2D eigenvalue weighted by molar-refractivity contribution is -0.139. The number of hydrogen-bond acceptors (Lipinski definition) is 4. The molecule has 1 aromatic heterocycles. The molecule has 0 aliphatic rings. The summed E-state index contributed by atoms with van der Waals surface area (Å²) in [5, 5.41) is 11.2. The van der Waals surface area contributed by atoms with E-state index in [1.165, 1.54) is 0 Å². The molecule has 0 saturated heterocycles. The number of carbonyl (C=O) groups is 3.